The van der Waals surface area contributed by atoms with Gasteiger partial charge in [0.1, 0.15) is 5.92 Å². The number of hydrogen-bond acceptors (Lipinski definition) is 6. The number of nitrogens with zero attached hydrogens (tertiary/aromatic N) is 1. The van der Waals surface area contributed by atoms with Crippen LogP contribution in [0.5, 0.6) is 11.5 Å². The summed E-state index contributed by atoms with van der Waals surface area (Å²) in [4.78, 5) is 30.4. The van der Waals surface area contributed by atoms with Crippen LogP contribution in [0.4, 0.5) is 0 Å². The fraction of sp³-hybridized carbons (Fsp3) is 0.476. The molecule has 0 amide bonds. The number of fused-ring (bicyclic) bond motifs is 1. The minimum atomic E-state index is -0.587. The van der Waals surface area contributed by atoms with Gasteiger partial charge in [0.2, 0.25) is 6.79 Å². The summed E-state index contributed by atoms with van der Waals surface area (Å²) in [5, 5.41) is 0. The maximum absolute atomic E-state index is 12.9. The first-order chi connectivity index (χ1) is 13.1. The third-order valence-electron chi connectivity index (χ3n) is 5.37. The Balaban J connectivity index is 1.86. The standard InChI is InChI=1S/C21H23NO5/c1-3-13-20(21(24)25-4-2)18(19-14(22-13)6-5-7-15(19)23)12-8-9-16-17(10-12)27-11-26-16/h8-10,18,20H,3-7,11H2,1-2H3/t18-,20?/m0/s1. The molecule has 0 N–H and O–H groups in total. The first kappa shape index (κ1) is 17.8. The fourth-order valence-electron chi connectivity index (χ4n) is 4.19. The molecule has 6 heteroatoms. The molecule has 0 bridgehead atoms. The van der Waals surface area contributed by atoms with Crippen LogP contribution in [0, 0.1) is 5.92 Å². The molecule has 2 heterocycles. The molecular weight excluding hydrogens is 346 g/mol. The summed E-state index contributed by atoms with van der Waals surface area (Å²) in [5.74, 6) is 0.0830. The van der Waals surface area contributed by atoms with E-state index in [1.54, 1.807) is 6.92 Å². The van der Waals surface area contributed by atoms with Crippen LogP contribution in [0.1, 0.15) is 51.0 Å². The van der Waals surface area contributed by atoms with E-state index in [9.17, 15) is 9.59 Å². The molecule has 142 valence electrons. The van der Waals surface area contributed by atoms with Crippen molar-refractivity contribution in [2.45, 2.75) is 45.4 Å². The largest absolute Gasteiger partial charge is 0.465 e. The third kappa shape index (κ3) is 3.03. The number of esters is 1. The number of benzene rings is 1. The van der Waals surface area contributed by atoms with E-state index in [2.05, 4.69) is 0 Å². The number of hydrogen-bond donors (Lipinski definition) is 0. The zero-order valence-electron chi connectivity index (χ0n) is 15.6. The zero-order valence-corrected chi connectivity index (χ0v) is 15.6. The lowest BCUT2D eigenvalue weighted by molar-refractivity contribution is -0.146. The maximum atomic E-state index is 12.9. The Morgan fingerprint density at radius 2 is 2.04 bits per heavy atom. The minimum absolute atomic E-state index is 0.0760. The van der Waals surface area contributed by atoms with Crippen molar-refractivity contribution in [3.63, 3.8) is 0 Å². The fourth-order valence-corrected chi connectivity index (χ4v) is 4.19. The van der Waals surface area contributed by atoms with Gasteiger partial charge >= 0.3 is 5.97 Å². The Labute approximate surface area is 158 Å². The number of allylic oxidation sites excluding steroid dienone is 2. The first-order valence-corrected chi connectivity index (χ1v) is 9.53. The van der Waals surface area contributed by atoms with E-state index in [4.69, 9.17) is 19.2 Å². The van der Waals surface area contributed by atoms with Gasteiger partial charge in [-0.05, 0) is 43.9 Å². The topological polar surface area (TPSA) is 74.2 Å². The Morgan fingerprint density at radius 3 is 2.81 bits per heavy atom. The van der Waals surface area contributed by atoms with Crippen molar-refractivity contribution < 1.29 is 23.8 Å². The predicted octanol–water partition coefficient (Wildman–Crippen LogP) is 3.55. The van der Waals surface area contributed by atoms with Gasteiger partial charge in [-0.15, -0.1) is 0 Å². The summed E-state index contributed by atoms with van der Waals surface area (Å²) in [7, 11) is 0. The van der Waals surface area contributed by atoms with Gasteiger partial charge in [-0.2, -0.15) is 0 Å². The van der Waals surface area contributed by atoms with Crippen LogP contribution in [-0.4, -0.2) is 30.9 Å². The van der Waals surface area contributed by atoms with E-state index < -0.39 is 11.8 Å². The summed E-state index contributed by atoms with van der Waals surface area (Å²) >= 11 is 0. The molecule has 1 aliphatic carbocycles. The Kier molecular flexibility index (Phi) is 4.72. The monoisotopic (exact) mass is 369 g/mol. The molecule has 0 saturated heterocycles. The minimum Gasteiger partial charge on any atom is -0.465 e. The highest BCUT2D eigenvalue weighted by Crippen LogP contribution is 2.46. The normalized spacial score (nSPS) is 23.8. The quantitative estimate of drug-likeness (QED) is 0.759. The molecule has 6 nitrogen and oxygen atoms in total. The molecule has 1 unspecified atom stereocenters. The van der Waals surface area contributed by atoms with Gasteiger partial charge < -0.3 is 14.2 Å². The molecule has 0 aromatic heterocycles. The molecule has 0 saturated carbocycles. The number of carbonyl (C=O) groups is 2. The molecule has 2 aliphatic heterocycles. The second-order valence-corrected chi connectivity index (χ2v) is 6.91. The first-order valence-electron chi connectivity index (χ1n) is 9.53. The number of Topliss-reactive ketones (excluding diaryl/α,β-unsaturated/α-hetero) is 1. The molecule has 0 fully saturated rings. The lowest BCUT2D eigenvalue weighted by Gasteiger charge is -2.35. The van der Waals surface area contributed by atoms with Crippen LogP contribution in [0.15, 0.2) is 34.5 Å². The van der Waals surface area contributed by atoms with E-state index in [0.29, 0.717) is 36.5 Å². The molecule has 2 atom stereocenters. The van der Waals surface area contributed by atoms with E-state index in [-0.39, 0.29) is 18.5 Å². The van der Waals surface area contributed by atoms with Gasteiger partial charge in [-0.1, -0.05) is 13.0 Å². The molecule has 1 aromatic carbocycles. The number of aliphatic imine (C=N–C) groups is 1. The van der Waals surface area contributed by atoms with Crippen LogP contribution < -0.4 is 9.47 Å². The summed E-state index contributed by atoms with van der Waals surface area (Å²) in [6, 6.07) is 5.63. The van der Waals surface area contributed by atoms with Crippen LogP contribution in [0.2, 0.25) is 0 Å². The van der Waals surface area contributed by atoms with Crippen molar-refractivity contribution in [2.75, 3.05) is 13.4 Å². The summed E-state index contributed by atoms with van der Waals surface area (Å²) in [5.41, 5.74) is 3.13. The average Bonchev–Trinajstić information content (AvgIpc) is 3.14. The number of ether oxygens (including phenoxy) is 3. The molecular formula is C21H23NO5. The molecule has 4 rings (SSSR count). The van der Waals surface area contributed by atoms with Gasteiger partial charge in [0.25, 0.3) is 0 Å². The molecule has 0 spiro atoms. The highest BCUT2D eigenvalue weighted by molar-refractivity contribution is 6.09. The van der Waals surface area contributed by atoms with Gasteiger partial charge in [0, 0.05) is 29.3 Å². The van der Waals surface area contributed by atoms with Crippen molar-refractivity contribution in [1.29, 1.82) is 0 Å². The zero-order chi connectivity index (χ0) is 19.0. The lowest BCUT2D eigenvalue weighted by Crippen LogP contribution is -2.38. The van der Waals surface area contributed by atoms with Crippen LogP contribution in [-0.2, 0) is 14.3 Å². The summed E-state index contributed by atoms with van der Waals surface area (Å²) in [6.45, 7) is 4.24. The van der Waals surface area contributed by atoms with Crippen molar-refractivity contribution in [1.82, 2.24) is 0 Å². The Bertz CT molecular complexity index is 854. The van der Waals surface area contributed by atoms with Crippen LogP contribution >= 0.6 is 0 Å². The lowest BCUT2D eigenvalue weighted by atomic mass is 9.71. The third-order valence-corrected chi connectivity index (χ3v) is 5.37. The molecule has 27 heavy (non-hydrogen) atoms. The van der Waals surface area contributed by atoms with Crippen molar-refractivity contribution >= 4 is 17.5 Å². The molecule has 3 aliphatic rings. The Hall–Kier alpha value is -2.63. The number of carbonyl (C=O) groups excluding carboxylic acids is 2. The van der Waals surface area contributed by atoms with Gasteiger partial charge in [0.15, 0.2) is 17.3 Å². The van der Waals surface area contributed by atoms with Crippen LogP contribution in [0.3, 0.4) is 0 Å². The highest BCUT2D eigenvalue weighted by Gasteiger charge is 2.44. The molecule has 1 aromatic rings. The van der Waals surface area contributed by atoms with E-state index in [1.165, 1.54) is 0 Å². The summed E-state index contributed by atoms with van der Waals surface area (Å²) in [6.07, 6.45) is 2.69. The summed E-state index contributed by atoms with van der Waals surface area (Å²) < 4.78 is 16.3. The number of ketones is 1. The van der Waals surface area contributed by atoms with Crippen molar-refractivity contribution in [3.8, 4) is 11.5 Å². The average molecular weight is 369 g/mol. The SMILES string of the molecule is CCOC(=O)C1C(CC)=NC2=C(C(=O)CCC2)[C@@H]1c1ccc2c(c1)OCO2. The van der Waals surface area contributed by atoms with Crippen molar-refractivity contribution in [2.24, 2.45) is 10.9 Å². The van der Waals surface area contributed by atoms with E-state index in [0.717, 1.165) is 29.8 Å². The van der Waals surface area contributed by atoms with Crippen LogP contribution in [0.25, 0.3) is 0 Å². The Morgan fingerprint density at radius 1 is 1.22 bits per heavy atom. The predicted molar refractivity (Wildman–Crippen MR) is 99.0 cm³/mol. The van der Waals surface area contributed by atoms with E-state index >= 15 is 0 Å². The molecule has 0 radical (unpaired) electrons. The number of rotatable bonds is 4. The van der Waals surface area contributed by atoms with Crippen molar-refractivity contribution in [3.05, 3.63) is 35.0 Å². The second-order valence-electron chi connectivity index (χ2n) is 6.91. The highest BCUT2D eigenvalue weighted by atomic mass is 16.7. The maximum Gasteiger partial charge on any atom is 0.315 e. The second kappa shape index (κ2) is 7.18. The smallest absolute Gasteiger partial charge is 0.315 e. The van der Waals surface area contributed by atoms with Gasteiger partial charge in [0.05, 0.1) is 6.61 Å². The van der Waals surface area contributed by atoms with Gasteiger partial charge in [-0.3, -0.25) is 14.6 Å². The van der Waals surface area contributed by atoms with E-state index in [1.807, 2.05) is 25.1 Å². The van der Waals surface area contributed by atoms with Gasteiger partial charge in [-0.25, -0.2) is 0 Å².